The van der Waals surface area contributed by atoms with Gasteiger partial charge < -0.3 is 0 Å². The minimum atomic E-state index is -3.23. The molecule has 0 aliphatic rings. The first-order chi connectivity index (χ1) is 6.06. The Hall–Kier alpha value is -0.360. The SMILES string of the molecule is CCCCS(=O)(=O)n1cc(Br)cn1. The Morgan fingerprint density at radius 3 is 2.77 bits per heavy atom. The van der Waals surface area contributed by atoms with Crippen molar-refractivity contribution in [2.45, 2.75) is 19.8 Å². The summed E-state index contributed by atoms with van der Waals surface area (Å²) in [5, 5.41) is 3.72. The van der Waals surface area contributed by atoms with Crippen molar-refractivity contribution in [3.63, 3.8) is 0 Å². The van der Waals surface area contributed by atoms with Crippen molar-refractivity contribution < 1.29 is 8.42 Å². The van der Waals surface area contributed by atoms with E-state index in [2.05, 4.69) is 21.0 Å². The first-order valence-corrected chi connectivity index (χ1v) is 6.40. The fourth-order valence-corrected chi connectivity index (χ4v) is 2.58. The second-order valence-electron chi connectivity index (χ2n) is 2.70. The van der Waals surface area contributed by atoms with Gasteiger partial charge in [-0.2, -0.15) is 9.19 Å². The van der Waals surface area contributed by atoms with E-state index in [9.17, 15) is 8.42 Å². The molecule has 0 saturated heterocycles. The fourth-order valence-electron chi connectivity index (χ4n) is 0.857. The molecule has 0 aliphatic carbocycles. The van der Waals surface area contributed by atoms with Crippen LogP contribution >= 0.6 is 15.9 Å². The molecule has 13 heavy (non-hydrogen) atoms. The zero-order chi connectivity index (χ0) is 9.90. The normalized spacial score (nSPS) is 11.8. The van der Waals surface area contributed by atoms with Gasteiger partial charge in [-0.05, 0) is 22.4 Å². The minimum absolute atomic E-state index is 0.150. The third kappa shape index (κ3) is 2.80. The van der Waals surface area contributed by atoms with Gasteiger partial charge in [-0.15, -0.1) is 0 Å². The van der Waals surface area contributed by atoms with Crippen molar-refractivity contribution in [2.75, 3.05) is 5.75 Å². The highest BCUT2D eigenvalue weighted by Crippen LogP contribution is 2.09. The molecule has 0 aromatic carbocycles. The van der Waals surface area contributed by atoms with Crippen LogP contribution in [-0.4, -0.2) is 23.4 Å². The molecule has 0 fully saturated rings. The van der Waals surface area contributed by atoms with Crippen LogP contribution in [0.2, 0.25) is 0 Å². The second kappa shape index (κ2) is 4.23. The summed E-state index contributed by atoms with van der Waals surface area (Å²) >= 11 is 3.14. The van der Waals surface area contributed by atoms with Crippen molar-refractivity contribution in [3.8, 4) is 0 Å². The van der Waals surface area contributed by atoms with Crippen molar-refractivity contribution in [2.24, 2.45) is 0 Å². The summed E-state index contributed by atoms with van der Waals surface area (Å²) in [6.07, 6.45) is 4.44. The summed E-state index contributed by atoms with van der Waals surface area (Å²) in [6.45, 7) is 1.95. The van der Waals surface area contributed by atoms with Gasteiger partial charge in [0.1, 0.15) is 0 Å². The molecule has 1 aromatic rings. The highest BCUT2D eigenvalue weighted by molar-refractivity contribution is 9.10. The number of hydrogen-bond donors (Lipinski definition) is 0. The largest absolute Gasteiger partial charge is 0.253 e. The van der Waals surface area contributed by atoms with Crippen molar-refractivity contribution in [1.29, 1.82) is 0 Å². The monoisotopic (exact) mass is 266 g/mol. The van der Waals surface area contributed by atoms with Crippen LogP contribution in [0, 0.1) is 0 Å². The van der Waals surface area contributed by atoms with Gasteiger partial charge in [-0.1, -0.05) is 13.3 Å². The van der Waals surface area contributed by atoms with Crippen molar-refractivity contribution in [1.82, 2.24) is 9.19 Å². The van der Waals surface area contributed by atoms with Crippen LogP contribution in [0.25, 0.3) is 0 Å². The Bertz CT molecular complexity index is 372. The summed E-state index contributed by atoms with van der Waals surface area (Å²) in [4.78, 5) is 0. The van der Waals surface area contributed by atoms with Gasteiger partial charge in [-0.25, -0.2) is 8.42 Å². The Morgan fingerprint density at radius 1 is 1.62 bits per heavy atom. The van der Waals surface area contributed by atoms with E-state index in [1.54, 1.807) is 0 Å². The van der Waals surface area contributed by atoms with Gasteiger partial charge >= 0.3 is 0 Å². The lowest BCUT2D eigenvalue weighted by Gasteiger charge is -2.01. The predicted molar refractivity (Wildman–Crippen MR) is 54.0 cm³/mol. The molecule has 0 spiro atoms. The smallest absolute Gasteiger partial charge is 0.205 e. The Balaban J connectivity index is 2.82. The lowest BCUT2D eigenvalue weighted by molar-refractivity contribution is 0.576. The number of unbranched alkanes of at least 4 members (excludes halogenated alkanes) is 1. The van der Waals surface area contributed by atoms with Crippen LogP contribution in [0.5, 0.6) is 0 Å². The van der Waals surface area contributed by atoms with Crippen LogP contribution in [-0.2, 0) is 10.0 Å². The minimum Gasteiger partial charge on any atom is -0.205 e. The zero-order valence-corrected chi connectivity index (χ0v) is 9.68. The van der Waals surface area contributed by atoms with Gasteiger partial charge in [0.15, 0.2) is 0 Å². The quantitative estimate of drug-likeness (QED) is 0.833. The maximum atomic E-state index is 11.5. The summed E-state index contributed by atoms with van der Waals surface area (Å²) in [5.74, 6) is 0.150. The van der Waals surface area contributed by atoms with Crippen LogP contribution in [0.4, 0.5) is 0 Å². The molecule has 0 saturated carbocycles. The van der Waals surface area contributed by atoms with Crippen LogP contribution in [0.3, 0.4) is 0 Å². The third-order valence-corrected chi connectivity index (χ3v) is 3.55. The molecule has 1 heterocycles. The van der Waals surface area contributed by atoms with E-state index in [0.717, 1.165) is 10.5 Å². The summed E-state index contributed by atoms with van der Waals surface area (Å²) in [5.41, 5.74) is 0. The molecule has 1 rings (SSSR count). The number of halogens is 1. The molecule has 0 bridgehead atoms. The van der Waals surface area contributed by atoms with Gasteiger partial charge in [-0.3, -0.25) is 0 Å². The Morgan fingerprint density at radius 2 is 2.31 bits per heavy atom. The molecule has 6 heteroatoms. The van der Waals surface area contributed by atoms with Crippen molar-refractivity contribution >= 4 is 26.0 Å². The molecule has 0 amide bonds. The van der Waals surface area contributed by atoms with Gasteiger partial charge in [0, 0.05) is 0 Å². The van der Waals surface area contributed by atoms with E-state index in [1.165, 1.54) is 12.4 Å². The molecule has 0 aliphatic heterocycles. The van der Waals surface area contributed by atoms with Gasteiger partial charge in [0.2, 0.25) is 0 Å². The first kappa shape index (κ1) is 10.7. The fraction of sp³-hybridized carbons (Fsp3) is 0.571. The molecule has 0 unspecified atom stereocenters. The maximum absolute atomic E-state index is 11.5. The van der Waals surface area contributed by atoms with Crippen LogP contribution in [0.15, 0.2) is 16.9 Å². The molecule has 1 aromatic heterocycles. The Labute approximate surface area is 86.1 Å². The van der Waals surface area contributed by atoms with E-state index in [4.69, 9.17) is 0 Å². The maximum Gasteiger partial charge on any atom is 0.253 e. The van der Waals surface area contributed by atoms with E-state index in [0.29, 0.717) is 10.9 Å². The number of aromatic nitrogens is 2. The summed E-state index contributed by atoms with van der Waals surface area (Å²) in [6, 6.07) is 0. The van der Waals surface area contributed by atoms with Crippen LogP contribution in [0.1, 0.15) is 19.8 Å². The summed E-state index contributed by atoms with van der Waals surface area (Å²) in [7, 11) is -3.23. The molecular formula is C7H11BrN2O2S. The predicted octanol–water partition coefficient (Wildman–Crippen LogP) is 1.62. The standard InChI is InChI=1S/C7H11BrN2O2S/c1-2-3-4-13(11,12)10-6-7(8)5-9-10/h5-6H,2-4H2,1H3. The van der Waals surface area contributed by atoms with Crippen molar-refractivity contribution in [3.05, 3.63) is 16.9 Å². The third-order valence-electron chi connectivity index (χ3n) is 1.57. The molecule has 0 radical (unpaired) electrons. The number of hydrogen-bond acceptors (Lipinski definition) is 3. The average molecular weight is 267 g/mol. The molecule has 0 atom stereocenters. The second-order valence-corrected chi connectivity index (χ2v) is 5.56. The van der Waals surface area contributed by atoms with Gasteiger partial charge in [0.05, 0.1) is 22.6 Å². The van der Waals surface area contributed by atoms with Crippen LogP contribution < -0.4 is 0 Å². The molecule has 74 valence electrons. The average Bonchev–Trinajstić information content (AvgIpc) is 2.49. The van der Waals surface area contributed by atoms with Gasteiger partial charge in [0.25, 0.3) is 10.0 Å². The Kier molecular flexibility index (Phi) is 3.49. The van der Waals surface area contributed by atoms with E-state index < -0.39 is 10.0 Å². The summed E-state index contributed by atoms with van der Waals surface area (Å²) < 4.78 is 24.6. The topological polar surface area (TPSA) is 52.0 Å². The highest BCUT2D eigenvalue weighted by Gasteiger charge is 2.12. The van der Waals surface area contributed by atoms with E-state index in [1.807, 2.05) is 6.92 Å². The molecular weight excluding hydrogens is 256 g/mol. The lowest BCUT2D eigenvalue weighted by Crippen LogP contribution is -2.16. The van der Waals surface area contributed by atoms with E-state index >= 15 is 0 Å². The first-order valence-electron chi connectivity index (χ1n) is 3.99. The van der Waals surface area contributed by atoms with E-state index in [-0.39, 0.29) is 5.75 Å². The zero-order valence-electron chi connectivity index (χ0n) is 7.27. The number of nitrogens with zero attached hydrogens (tertiary/aromatic N) is 2. The molecule has 0 N–H and O–H groups in total. The highest BCUT2D eigenvalue weighted by atomic mass is 79.9. The molecule has 4 nitrogen and oxygen atoms in total. The lowest BCUT2D eigenvalue weighted by atomic mass is 10.4. The number of rotatable bonds is 4.